The SMILES string of the molecule is CCOc1ccc(NC(=O)C(C#N)=Cc2cc(C)n(-c3ccc(C(=O)OC)cc3)c2C)cc1. The Kier molecular flexibility index (Phi) is 7.31. The molecule has 0 aliphatic rings. The predicted molar refractivity (Wildman–Crippen MR) is 126 cm³/mol. The Morgan fingerprint density at radius 2 is 1.76 bits per heavy atom. The van der Waals surface area contributed by atoms with E-state index in [1.54, 1.807) is 42.5 Å². The number of carbonyl (C=O) groups excluding carboxylic acids is 2. The van der Waals surface area contributed by atoms with E-state index in [0.717, 1.165) is 22.6 Å². The molecule has 1 aromatic heterocycles. The molecule has 2 aromatic carbocycles. The van der Waals surface area contributed by atoms with Gasteiger partial charge in [-0.1, -0.05) is 0 Å². The number of anilines is 1. The first-order chi connectivity index (χ1) is 15.9. The number of rotatable bonds is 7. The van der Waals surface area contributed by atoms with Gasteiger partial charge in [0.25, 0.3) is 5.91 Å². The van der Waals surface area contributed by atoms with Crippen molar-refractivity contribution in [2.24, 2.45) is 0 Å². The summed E-state index contributed by atoms with van der Waals surface area (Å²) >= 11 is 0. The fourth-order valence-electron chi connectivity index (χ4n) is 3.50. The highest BCUT2D eigenvalue weighted by molar-refractivity contribution is 6.09. The summed E-state index contributed by atoms with van der Waals surface area (Å²) in [6, 6.07) is 17.9. The summed E-state index contributed by atoms with van der Waals surface area (Å²) < 4.78 is 12.1. The lowest BCUT2D eigenvalue weighted by atomic mass is 10.1. The number of methoxy groups -OCH3 is 1. The molecule has 0 radical (unpaired) electrons. The summed E-state index contributed by atoms with van der Waals surface area (Å²) in [6.07, 6.45) is 1.57. The minimum absolute atomic E-state index is 0.00910. The van der Waals surface area contributed by atoms with Crippen molar-refractivity contribution in [2.75, 3.05) is 19.0 Å². The molecule has 0 atom stereocenters. The van der Waals surface area contributed by atoms with E-state index in [4.69, 9.17) is 9.47 Å². The number of carbonyl (C=O) groups is 2. The molecule has 0 aliphatic heterocycles. The zero-order chi connectivity index (χ0) is 24.0. The maximum absolute atomic E-state index is 12.7. The molecule has 3 aromatic rings. The van der Waals surface area contributed by atoms with E-state index in [-0.39, 0.29) is 5.57 Å². The lowest BCUT2D eigenvalue weighted by Gasteiger charge is -2.10. The van der Waals surface area contributed by atoms with Crippen molar-refractivity contribution in [1.29, 1.82) is 5.26 Å². The maximum atomic E-state index is 12.7. The van der Waals surface area contributed by atoms with Gasteiger partial charge in [0.2, 0.25) is 0 Å². The van der Waals surface area contributed by atoms with Crippen LogP contribution in [0.2, 0.25) is 0 Å². The van der Waals surface area contributed by atoms with Gasteiger partial charge >= 0.3 is 5.97 Å². The standard InChI is InChI=1S/C26H25N3O4/c1-5-33-24-12-8-22(9-13-24)28-25(30)21(16-27)15-20-14-17(2)29(18(20)3)23-10-6-19(7-11-23)26(31)32-4/h6-15H,5H2,1-4H3,(H,28,30). The molecule has 1 N–H and O–H groups in total. The fourth-order valence-corrected chi connectivity index (χ4v) is 3.50. The number of hydrogen-bond donors (Lipinski definition) is 1. The van der Waals surface area contributed by atoms with Gasteiger partial charge in [0.05, 0.1) is 19.3 Å². The van der Waals surface area contributed by atoms with Crippen molar-refractivity contribution < 1.29 is 19.1 Å². The Morgan fingerprint density at radius 1 is 1.09 bits per heavy atom. The van der Waals surface area contributed by atoms with Crippen LogP contribution in [0.15, 0.2) is 60.2 Å². The first-order valence-electron chi connectivity index (χ1n) is 10.4. The lowest BCUT2D eigenvalue weighted by Crippen LogP contribution is -2.13. The second-order valence-corrected chi connectivity index (χ2v) is 7.28. The maximum Gasteiger partial charge on any atom is 0.337 e. The molecule has 0 aliphatic carbocycles. The lowest BCUT2D eigenvalue weighted by molar-refractivity contribution is -0.112. The Morgan fingerprint density at radius 3 is 2.33 bits per heavy atom. The van der Waals surface area contributed by atoms with Crippen LogP contribution >= 0.6 is 0 Å². The van der Waals surface area contributed by atoms with Crippen molar-refractivity contribution in [2.45, 2.75) is 20.8 Å². The van der Waals surface area contributed by atoms with Crippen molar-refractivity contribution in [3.8, 4) is 17.5 Å². The second kappa shape index (κ2) is 10.3. The average Bonchev–Trinajstić information content (AvgIpc) is 3.10. The van der Waals surface area contributed by atoms with E-state index < -0.39 is 11.9 Å². The van der Waals surface area contributed by atoms with Gasteiger partial charge in [0.1, 0.15) is 17.4 Å². The molecule has 7 nitrogen and oxygen atoms in total. The number of aromatic nitrogens is 1. The molecule has 33 heavy (non-hydrogen) atoms. The quantitative estimate of drug-likeness (QED) is 0.321. The first kappa shape index (κ1) is 23.4. The summed E-state index contributed by atoms with van der Waals surface area (Å²) in [5.41, 5.74) is 4.42. The van der Waals surface area contributed by atoms with Crippen LogP contribution in [0.3, 0.4) is 0 Å². The average molecular weight is 444 g/mol. The monoisotopic (exact) mass is 443 g/mol. The molecule has 0 saturated heterocycles. The van der Waals surface area contributed by atoms with Crippen molar-refractivity contribution in [3.63, 3.8) is 0 Å². The Bertz CT molecular complexity index is 1230. The minimum Gasteiger partial charge on any atom is -0.494 e. The van der Waals surface area contributed by atoms with Crippen LogP contribution in [-0.4, -0.2) is 30.2 Å². The van der Waals surface area contributed by atoms with Crippen LogP contribution in [0.25, 0.3) is 11.8 Å². The van der Waals surface area contributed by atoms with Crippen LogP contribution in [0.5, 0.6) is 5.75 Å². The molecular formula is C26H25N3O4. The Balaban J connectivity index is 1.85. The zero-order valence-corrected chi connectivity index (χ0v) is 19.0. The van der Waals surface area contributed by atoms with E-state index in [1.165, 1.54) is 7.11 Å². The van der Waals surface area contributed by atoms with Gasteiger partial charge in [-0.15, -0.1) is 0 Å². The molecule has 0 fully saturated rings. The number of nitrogens with zero attached hydrogens (tertiary/aromatic N) is 2. The summed E-state index contributed by atoms with van der Waals surface area (Å²) in [4.78, 5) is 24.4. The number of nitriles is 1. The van der Waals surface area contributed by atoms with Gasteiger partial charge in [-0.2, -0.15) is 5.26 Å². The summed E-state index contributed by atoms with van der Waals surface area (Å²) in [5, 5.41) is 12.3. The minimum atomic E-state index is -0.492. The normalized spacial score (nSPS) is 10.9. The van der Waals surface area contributed by atoms with Gasteiger partial charge in [-0.3, -0.25) is 4.79 Å². The number of esters is 1. The van der Waals surface area contributed by atoms with E-state index in [1.807, 2.05) is 49.6 Å². The highest BCUT2D eigenvalue weighted by Crippen LogP contribution is 2.24. The fraction of sp³-hybridized carbons (Fsp3) is 0.192. The molecular weight excluding hydrogens is 418 g/mol. The summed E-state index contributed by atoms with van der Waals surface area (Å²) in [5.74, 6) is -0.184. The molecule has 1 heterocycles. The smallest absolute Gasteiger partial charge is 0.337 e. The topological polar surface area (TPSA) is 93.4 Å². The zero-order valence-electron chi connectivity index (χ0n) is 19.0. The number of aryl methyl sites for hydroxylation is 1. The third-order valence-electron chi connectivity index (χ3n) is 5.10. The highest BCUT2D eigenvalue weighted by atomic mass is 16.5. The summed E-state index contributed by atoms with van der Waals surface area (Å²) in [7, 11) is 1.34. The third kappa shape index (κ3) is 5.31. The molecule has 7 heteroatoms. The van der Waals surface area contributed by atoms with Gasteiger partial charge in [0, 0.05) is 22.8 Å². The number of nitrogens with one attached hydrogen (secondary N) is 1. The third-order valence-corrected chi connectivity index (χ3v) is 5.10. The molecule has 0 spiro atoms. The van der Waals surface area contributed by atoms with E-state index >= 15 is 0 Å². The molecule has 3 rings (SSSR count). The highest BCUT2D eigenvalue weighted by Gasteiger charge is 2.15. The predicted octanol–water partition coefficient (Wildman–Crippen LogP) is 4.83. The van der Waals surface area contributed by atoms with Crippen molar-refractivity contribution in [1.82, 2.24) is 4.57 Å². The second-order valence-electron chi connectivity index (χ2n) is 7.28. The van der Waals surface area contributed by atoms with Crippen molar-refractivity contribution in [3.05, 3.63) is 82.7 Å². The van der Waals surface area contributed by atoms with Gasteiger partial charge in [-0.25, -0.2) is 4.79 Å². The number of benzene rings is 2. The van der Waals surface area contributed by atoms with E-state index in [2.05, 4.69) is 5.32 Å². The Labute approximate surface area is 192 Å². The first-order valence-corrected chi connectivity index (χ1v) is 10.4. The van der Waals surface area contributed by atoms with Crippen LogP contribution in [0.1, 0.15) is 34.2 Å². The van der Waals surface area contributed by atoms with Gasteiger partial charge in [0.15, 0.2) is 0 Å². The largest absolute Gasteiger partial charge is 0.494 e. The van der Waals surface area contributed by atoms with Crippen molar-refractivity contribution >= 4 is 23.6 Å². The Hall–Kier alpha value is -4.31. The van der Waals surface area contributed by atoms with E-state index in [9.17, 15) is 14.9 Å². The molecule has 168 valence electrons. The number of ether oxygens (including phenoxy) is 2. The molecule has 0 unspecified atom stereocenters. The van der Waals surface area contributed by atoms with Gasteiger partial charge < -0.3 is 19.4 Å². The molecule has 0 saturated carbocycles. The number of hydrogen-bond acceptors (Lipinski definition) is 5. The molecule has 0 bridgehead atoms. The van der Waals surface area contributed by atoms with Crippen LogP contribution in [0.4, 0.5) is 5.69 Å². The van der Waals surface area contributed by atoms with E-state index in [0.29, 0.717) is 23.6 Å². The number of amides is 1. The van der Waals surface area contributed by atoms with Crippen LogP contribution in [0, 0.1) is 25.2 Å². The van der Waals surface area contributed by atoms with Gasteiger partial charge in [-0.05, 0) is 87.0 Å². The molecule has 1 amide bonds. The van der Waals surface area contributed by atoms with Crippen LogP contribution < -0.4 is 10.1 Å². The summed E-state index contributed by atoms with van der Waals surface area (Å²) in [6.45, 7) is 6.30. The van der Waals surface area contributed by atoms with Crippen LogP contribution in [-0.2, 0) is 9.53 Å².